The Labute approximate surface area is 115 Å². The topological polar surface area (TPSA) is 55.1 Å². The molecule has 0 aliphatic heterocycles. The third-order valence-electron chi connectivity index (χ3n) is 3.41. The number of aryl methyl sites for hydroxylation is 1. The van der Waals surface area contributed by atoms with Crippen LogP contribution in [0.25, 0.3) is 11.3 Å². The monoisotopic (exact) mass is 276 g/mol. The lowest BCUT2D eigenvalue weighted by molar-refractivity contribution is 0.0943. The highest BCUT2D eigenvalue weighted by molar-refractivity contribution is 7.10. The van der Waals surface area contributed by atoms with Crippen molar-refractivity contribution in [2.24, 2.45) is 0 Å². The van der Waals surface area contributed by atoms with Crippen LogP contribution >= 0.6 is 11.3 Å². The Hall–Kier alpha value is -1.62. The minimum absolute atomic E-state index is 0.114. The van der Waals surface area contributed by atoms with Crippen LogP contribution in [0.1, 0.15) is 40.7 Å². The molecule has 0 saturated heterocycles. The predicted molar refractivity (Wildman–Crippen MR) is 74.5 cm³/mol. The van der Waals surface area contributed by atoms with Gasteiger partial charge in [-0.05, 0) is 30.7 Å². The Kier molecular flexibility index (Phi) is 3.38. The second-order valence-corrected chi connectivity index (χ2v) is 5.71. The van der Waals surface area contributed by atoms with E-state index in [1.165, 1.54) is 4.88 Å². The van der Waals surface area contributed by atoms with Crippen molar-refractivity contribution in [3.8, 4) is 11.3 Å². The van der Waals surface area contributed by atoms with Crippen molar-refractivity contribution in [2.75, 3.05) is 6.54 Å². The second kappa shape index (κ2) is 5.17. The van der Waals surface area contributed by atoms with Crippen molar-refractivity contribution in [1.82, 2.24) is 10.5 Å². The summed E-state index contributed by atoms with van der Waals surface area (Å²) in [5.74, 6) is 0.667. The first-order valence-corrected chi connectivity index (χ1v) is 7.52. The third kappa shape index (κ3) is 2.18. The van der Waals surface area contributed by atoms with Crippen molar-refractivity contribution in [1.29, 1.82) is 0 Å². The Morgan fingerprint density at radius 2 is 2.42 bits per heavy atom. The number of rotatable bonds is 4. The van der Waals surface area contributed by atoms with Gasteiger partial charge in [-0.1, -0.05) is 18.5 Å². The van der Waals surface area contributed by atoms with Gasteiger partial charge in [0, 0.05) is 22.5 Å². The number of thiophene rings is 1. The van der Waals surface area contributed by atoms with E-state index in [-0.39, 0.29) is 5.91 Å². The van der Waals surface area contributed by atoms with Crippen molar-refractivity contribution in [3.05, 3.63) is 27.6 Å². The average molecular weight is 276 g/mol. The highest BCUT2D eigenvalue weighted by Gasteiger charge is 2.27. The molecule has 1 N–H and O–H groups in total. The number of nitrogens with one attached hydrogen (secondary N) is 1. The first-order valence-electron chi connectivity index (χ1n) is 6.64. The van der Waals surface area contributed by atoms with E-state index in [0.717, 1.165) is 42.6 Å². The largest absolute Gasteiger partial charge is 0.355 e. The fourth-order valence-corrected chi connectivity index (χ4v) is 3.24. The molecule has 0 fully saturated rings. The fraction of sp³-hybridized carbons (Fsp3) is 0.429. The van der Waals surface area contributed by atoms with E-state index in [1.807, 2.05) is 6.07 Å². The van der Waals surface area contributed by atoms with E-state index in [2.05, 4.69) is 22.8 Å². The molecule has 0 atom stereocenters. The number of carbonyl (C=O) groups is 1. The summed E-state index contributed by atoms with van der Waals surface area (Å²) < 4.78 is 5.40. The van der Waals surface area contributed by atoms with Gasteiger partial charge >= 0.3 is 0 Å². The predicted octanol–water partition coefficient (Wildman–Crippen LogP) is 3.03. The smallest absolute Gasteiger partial charge is 0.273 e. The van der Waals surface area contributed by atoms with E-state index < -0.39 is 0 Å². The van der Waals surface area contributed by atoms with E-state index >= 15 is 0 Å². The van der Waals surface area contributed by atoms with Crippen LogP contribution in [0.2, 0.25) is 0 Å². The van der Waals surface area contributed by atoms with E-state index in [0.29, 0.717) is 12.2 Å². The number of nitrogens with zero attached hydrogens (tertiary/aromatic N) is 1. The lowest BCUT2D eigenvalue weighted by Gasteiger charge is -2.10. The Morgan fingerprint density at radius 1 is 1.53 bits per heavy atom. The number of carbonyl (C=O) groups excluding carboxylic acids is 1. The van der Waals surface area contributed by atoms with Gasteiger partial charge in [0.1, 0.15) is 0 Å². The van der Waals surface area contributed by atoms with Gasteiger partial charge in [0.15, 0.2) is 11.5 Å². The molecule has 19 heavy (non-hydrogen) atoms. The van der Waals surface area contributed by atoms with Crippen LogP contribution in [0.4, 0.5) is 0 Å². The summed E-state index contributed by atoms with van der Waals surface area (Å²) in [5.41, 5.74) is 2.52. The molecular formula is C14H16N2O2S. The van der Waals surface area contributed by atoms with E-state index in [1.54, 1.807) is 11.3 Å². The van der Waals surface area contributed by atoms with Gasteiger partial charge < -0.3 is 9.84 Å². The van der Waals surface area contributed by atoms with Crippen molar-refractivity contribution in [2.45, 2.75) is 32.6 Å². The summed E-state index contributed by atoms with van der Waals surface area (Å²) >= 11 is 1.74. The van der Waals surface area contributed by atoms with Crippen LogP contribution in [0.3, 0.4) is 0 Å². The Balaban J connectivity index is 1.85. The Bertz CT molecular complexity index is 600. The molecule has 5 heteroatoms. The molecule has 0 aromatic carbocycles. The van der Waals surface area contributed by atoms with E-state index in [9.17, 15) is 4.79 Å². The zero-order valence-electron chi connectivity index (χ0n) is 10.9. The van der Waals surface area contributed by atoms with Gasteiger partial charge in [0.05, 0.1) is 0 Å². The third-order valence-corrected chi connectivity index (χ3v) is 4.39. The number of unbranched alkanes of at least 4 members (excludes halogenated alkanes) is 1. The van der Waals surface area contributed by atoms with Crippen LogP contribution in [0.5, 0.6) is 0 Å². The van der Waals surface area contributed by atoms with Gasteiger partial charge in [0.25, 0.3) is 5.91 Å². The van der Waals surface area contributed by atoms with Gasteiger partial charge in [-0.15, -0.1) is 11.3 Å². The average Bonchev–Trinajstić information content (AvgIpc) is 3.04. The molecule has 2 heterocycles. The van der Waals surface area contributed by atoms with Gasteiger partial charge in [0.2, 0.25) is 0 Å². The molecule has 0 spiro atoms. The number of hydrogen-bond acceptors (Lipinski definition) is 4. The molecule has 4 nitrogen and oxygen atoms in total. The number of fused-ring (bicyclic) bond motifs is 3. The molecule has 1 aliphatic carbocycles. The fourth-order valence-electron chi connectivity index (χ4n) is 2.37. The normalized spacial score (nSPS) is 12.9. The van der Waals surface area contributed by atoms with Crippen LogP contribution in [0, 0.1) is 0 Å². The molecule has 0 bridgehead atoms. The first-order chi connectivity index (χ1) is 9.31. The van der Waals surface area contributed by atoms with Crippen molar-refractivity contribution < 1.29 is 9.32 Å². The summed E-state index contributed by atoms with van der Waals surface area (Å²) in [5, 5.41) is 8.93. The van der Waals surface area contributed by atoms with Crippen LogP contribution in [-0.4, -0.2) is 17.6 Å². The number of aromatic nitrogens is 1. The molecule has 1 aliphatic rings. The highest BCUT2D eigenvalue weighted by Crippen LogP contribution is 2.37. The minimum Gasteiger partial charge on any atom is -0.355 e. The summed E-state index contributed by atoms with van der Waals surface area (Å²) in [4.78, 5) is 13.4. The standard InChI is InChI=1S/C14H16N2O2S/c1-2-3-7-15-14(17)12-10-4-5-11-9(6-8-19-11)13(10)18-16-12/h6,8H,2-5,7H2,1H3,(H,15,17). The maximum Gasteiger partial charge on any atom is 0.273 e. The van der Waals surface area contributed by atoms with Crippen LogP contribution in [-0.2, 0) is 12.8 Å². The highest BCUT2D eigenvalue weighted by atomic mass is 32.1. The van der Waals surface area contributed by atoms with Crippen LogP contribution < -0.4 is 5.32 Å². The molecule has 2 aromatic rings. The van der Waals surface area contributed by atoms with Gasteiger partial charge in [-0.3, -0.25) is 4.79 Å². The lowest BCUT2D eigenvalue weighted by atomic mass is 9.95. The SMILES string of the molecule is CCCCNC(=O)c1noc2c1CCc1sccc1-2. The van der Waals surface area contributed by atoms with Crippen molar-refractivity contribution in [3.63, 3.8) is 0 Å². The molecule has 0 radical (unpaired) electrons. The molecular weight excluding hydrogens is 260 g/mol. The summed E-state index contributed by atoms with van der Waals surface area (Å²) in [6, 6.07) is 2.04. The van der Waals surface area contributed by atoms with Gasteiger partial charge in [-0.25, -0.2) is 0 Å². The number of hydrogen-bond donors (Lipinski definition) is 1. The van der Waals surface area contributed by atoms with Crippen molar-refractivity contribution >= 4 is 17.2 Å². The van der Waals surface area contributed by atoms with Crippen LogP contribution in [0.15, 0.2) is 16.0 Å². The molecule has 100 valence electrons. The summed E-state index contributed by atoms with van der Waals surface area (Å²) in [7, 11) is 0. The first kappa shape index (κ1) is 12.4. The van der Waals surface area contributed by atoms with Gasteiger partial charge in [-0.2, -0.15) is 0 Å². The summed E-state index contributed by atoms with van der Waals surface area (Å²) in [6.07, 6.45) is 3.86. The quantitative estimate of drug-likeness (QED) is 0.873. The zero-order chi connectivity index (χ0) is 13.2. The molecule has 2 aromatic heterocycles. The molecule has 1 amide bonds. The minimum atomic E-state index is -0.114. The maximum absolute atomic E-state index is 12.1. The number of amides is 1. The summed E-state index contributed by atoms with van der Waals surface area (Å²) in [6.45, 7) is 2.79. The zero-order valence-corrected chi connectivity index (χ0v) is 11.7. The Morgan fingerprint density at radius 3 is 3.26 bits per heavy atom. The lowest BCUT2D eigenvalue weighted by Crippen LogP contribution is -2.26. The van der Waals surface area contributed by atoms with E-state index in [4.69, 9.17) is 4.52 Å². The molecule has 0 saturated carbocycles. The second-order valence-electron chi connectivity index (χ2n) is 4.71. The molecule has 3 rings (SSSR count). The molecule has 0 unspecified atom stereocenters. The maximum atomic E-state index is 12.1.